The summed E-state index contributed by atoms with van der Waals surface area (Å²) < 4.78 is 12.9. The number of hydrogen-bond acceptors (Lipinski definition) is 12. The van der Waals surface area contributed by atoms with Gasteiger partial charge in [-0.25, -0.2) is 4.79 Å². The average Bonchev–Trinajstić information content (AvgIpc) is 4.01. The second-order valence-corrected chi connectivity index (χ2v) is 20.3. The first-order valence-corrected chi connectivity index (χ1v) is 24.4. The number of nitrogens with one attached hydrogen (secondary N) is 5. The smallest absolute Gasteiger partial charge is 0.350 e. The molecule has 0 aromatic heterocycles. The van der Waals surface area contributed by atoms with Crippen LogP contribution in [-0.4, -0.2) is 85.6 Å². The van der Waals surface area contributed by atoms with Crippen LogP contribution in [0.4, 0.5) is 0 Å². The molecule has 12 nitrogen and oxygen atoms in total. The number of epoxide rings is 1. The van der Waals surface area contributed by atoms with Crippen molar-refractivity contribution in [2.45, 2.75) is 134 Å². The molecule has 0 saturated carbocycles. The van der Waals surface area contributed by atoms with E-state index in [9.17, 15) is 5.11 Å². The van der Waals surface area contributed by atoms with Crippen LogP contribution in [0.15, 0.2) is 100 Å². The summed E-state index contributed by atoms with van der Waals surface area (Å²) in [6, 6.07) is 5.49. The van der Waals surface area contributed by atoms with Gasteiger partial charge in [-0.15, -0.1) is 0 Å². The van der Waals surface area contributed by atoms with Crippen molar-refractivity contribution in [2.24, 2.45) is 28.9 Å². The summed E-state index contributed by atoms with van der Waals surface area (Å²) in [4.78, 5) is 45.8. The molecule has 8 aliphatic rings. The molecule has 5 aliphatic heterocycles. The van der Waals surface area contributed by atoms with Gasteiger partial charge in [-0.05, 0) is 141 Å². The summed E-state index contributed by atoms with van der Waals surface area (Å²) in [5, 5.41) is 28.3. The van der Waals surface area contributed by atoms with Crippen LogP contribution in [0.3, 0.4) is 0 Å². The number of aliphatic hydroxyl groups is 1. The van der Waals surface area contributed by atoms with E-state index < -0.39 is 28.7 Å². The van der Waals surface area contributed by atoms with Crippen molar-refractivity contribution in [3.63, 3.8) is 0 Å². The molecule has 1 aromatic rings. The van der Waals surface area contributed by atoms with E-state index in [4.69, 9.17) is 15.2 Å². The van der Waals surface area contributed by atoms with E-state index in [2.05, 4.69) is 70.8 Å². The Kier molecular flexibility index (Phi) is 13.0. The number of allylic oxidation sites excluding steroid dienone is 8. The van der Waals surface area contributed by atoms with Crippen LogP contribution >= 0.6 is 0 Å². The zero-order valence-corrected chi connectivity index (χ0v) is 38.8. The Morgan fingerprint density at radius 1 is 1.09 bits per heavy atom. The van der Waals surface area contributed by atoms with Gasteiger partial charge in [-0.1, -0.05) is 80.8 Å². The summed E-state index contributed by atoms with van der Waals surface area (Å²) in [6.07, 6.45) is 25.6. The lowest BCUT2D eigenvalue weighted by molar-refractivity contribution is -0.150. The first-order valence-electron chi connectivity index (χ1n) is 24.4. The molecule has 9 atom stereocenters. The van der Waals surface area contributed by atoms with Crippen LogP contribution in [-0.2, 0) is 20.7 Å². The Morgan fingerprint density at radius 3 is 2.74 bits per heavy atom. The fourth-order valence-corrected chi connectivity index (χ4v) is 12.3. The Balaban J connectivity index is 1.07. The van der Waals surface area contributed by atoms with Crippen molar-refractivity contribution < 1.29 is 29.0 Å². The molecule has 8 N–H and O–H groups in total. The molecule has 12 heteroatoms. The van der Waals surface area contributed by atoms with Gasteiger partial charge < -0.3 is 46.9 Å². The summed E-state index contributed by atoms with van der Waals surface area (Å²) in [6.45, 7) is 7.57. The summed E-state index contributed by atoms with van der Waals surface area (Å²) in [5.74, 6) is 0.124. The van der Waals surface area contributed by atoms with Gasteiger partial charge in [0.25, 0.3) is 5.60 Å². The molecular weight excluding hydrogens is 817 g/mol. The van der Waals surface area contributed by atoms with Crippen LogP contribution in [0.5, 0.6) is 0 Å². The Labute approximate surface area is 384 Å². The molecule has 1 saturated heterocycles. The quantitative estimate of drug-likeness (QED) is 0.0578. The number of cyclic esters (lactones) is 1. The Bertz CT molecular complexity index is 2310. The number of carbonyl (C=O) groups is 3. The highest BCUT2D eigenvalue weighted by molar-refractivity contribution is 6.33. The molecule has 1 fully saturated rings. The van der Waals surface area contributed by atoms with Crippen LogP contribution in [0.2, 0.25) is 0 Å². The standard InChI is InChI=1S/C53H70N6O6/c1-5-56-43-25-36-12-8-11-34-10-6-7-22-51(3,26-33-16-19-44(54)58-29-33)27-37-13-9-14-41-46(37)48(62)53(50(63)64-31-38(43)24-42(34)36)52(65-53,47(41)61)28-39(30-60)32(2)15-17-35-21-23-57-49-40(35)18-20-45(55-4)59-49/h8-9,12-14,16,19,21,25,29,34,38,42-45,55-60H,5-7,10-11,15,17-18,20,22-24,26-28,30-31,54H2,1-4H3. The van der Waals surface area contributed by atoms with Crippen molar-refractivity contribution in [3.8, 4) is 0 Å². The first-order chi connectivity index (χ1) is 31.4. The Morgan fingerprint density at radius 2 is 1.95 bits per heavy atom. The number of ketones is 2. The van der Waals surface area contributed by atoms with Gasteiger partial charge in [-0.3, -0.25) is 9.59 Å². The number of nitrogens with two attached hydrogens (primary N) is 1. The molecule has 9 rings (SSSR count). The molecule has 348 valence electrons. The summed E-state index contributed by atoms with van der Waals surface area (Å²) in [5.41, 5.74) is 9.62. The number of fused-ring (bicyclic) bond motifs is 1. The third-order valence-electron chi connectivity index (χ3n) is 16.0. The number of benzene rings is 1. The lowest BCUT2D eigenvalue weighted by Crippen LogP contribution is -2.52. The minimum Gasteiger partial charge on any atom is -0.463 e. The lowest BCUT2D eigenvalue weighted by atomic mass is 9.67. The highest BCUT2D eigenvalue weighted by Crippen LogP contribution is 2.60. The van der Waals surface area contributed by atoms with E-state index in [0.717, 1.165) is 99.8 Å². The number of dihydropyridines is 2. The minimum absolute atomic E-state index is 0.0153. The fourth-order valence-electron chi connectivity index (χ4n) is 12.3. The predicted molar refractivity (Wildman–Crippen MR) is 252 cm³/mol. The number of esters is 1. The fraction of sp³-hybridized carbons (Fsp3) is 0.566. The third kappa shape index (κ3) is 8.54. The van der Waals surface area contributed by atoms with E-state index >= 15 is 14.4 Å². The first kappa shape index (κ1) is 45.6. The highest BCUT2D eigenvalue weighted by atomic mass is 16.7. The number of carbonyl (C=O) groups excluding carboxylic acids is 3. The molecule has 9 unspecified atom stereocenters. The van der Waals surface area contributed by atoms with Gasteiger partial charge in [-0.2, -0.15) is 0 Å². The van der Waals surface area contributed by atoms with Gasteiger partial charge in [0, 0.05) is 42.3 Å². The van der Waals surface area contributed by atoms with Crippen molar-refractivity contribution in [1.29, 1.82) is 0 Å². The predicted octanol–water partition coefficient (Wildman–Crippen LogP) is 6.22. The minimum atomic E-state index is -2.17. The lowest BCUT2D eigenvalue weighted by Gasteiger charge is -2.40. The van der Waals surface area contributed by atoms with Gasteiger partial charge in [0.15, 0.2) is 11.4 Å². The van der Waals surface area contributed by atoms with Crippen LogP contribution in [0.25, 0.3) is 0 Å². The second kappa shape index (κ2) is 18.6. The summed E-state index contributed by atoms with van der Waals surface area (Å²) in [7, 11) is 1.96. The van der Waals surface area contributed by atoms with Crippen molar-refractivity contribution in [3.05, 3.63) is 117 Å². The SMILES string of the molecule is CCNC1C=C2C=CCC3CCCCC(C)(CC4=CNC(N)C=C4)Cc4cccc5c4C(=O)C4(OC4(CC(CO)=C(C)CCC4=CCNC6=C4CCC(NC)N6)C5=O)C(=O)OCC1CC23. The monoisotopic (exact) mass is 887 g/mol. The number of aliphatic hydroxyl groups excluding tert-OH is 1. The normalized spacial score (nSPS) is 34.6. The van der Waals surface area contributed by atoms with E-state index in [-0.39, 0.29) is 60.5 Å². The van der Waals surface area contributed by atoms with Gasteiger partial charge in [0.2, 0.25) is 5.78 Å². The Hall–Kier alpha value is -4.59. The topological polar surface area (TPSA) is 179 Å². The summed E-state index contributed by atoms with van der Waals surface area (Å²) >= 11 is 0. The number of hydrogen-bond donors (Lipinski definition) is 7. The molecule has 1 aromatic carbocycles. The molecule has 65 heavy (non-hydrogen) atoms. The third-order valence-corrected chi connectivity index (χ3v) is 16.0. The average molecular weight is 887 g/mol. The molecule has 3 aliphatic carbocycles. The largest absolute Gasteiger partial charge is 0.463 e. The van der Waals surface area contributed by atoms with Gasteiger partial charge in [0.05, 0.1) is 25.5 Å². The number of ether oxygens (including phenoxy) is 2. The molecule has 0 amide bonds. The van der Waals surface area contributed by atoms with E-state index in [1.807, 2.05) is 38.4 Å². The number of Topliss-reactive ketones (excluding diaryl/α,β-unsaturated/α-hetero) is 2. The second-order valence-electron chi connectivity index (χ2n) is 20.3. The van der Waals surface area contributed by atoms with E-state index in [0.29, 0.717) is 30.3 Å². The maximum atomic E-state index is 15.5. The van der Waals surface area contributed by atoms with Gasteiger partial charge >= 0.3 is 5.97 Å². The molecule has 0 radical (unpaired) electrons. The zero-order chi connectivity index (χ0) is 45.5. The van der Waals surface area contributed by atoms with Crippen molar-refractivity contribution in [1.82, 2.24) is 26.6 Å². The maximum Gasteiger partial charge on any atom is 0.350 e. The van der Waals surface area contributed by atoms with Crippen LogP contribution in [0, 0.1) is 23.2 Å². The number of likely N-dealkylation sites (N-methyl/N-ethyl adjacent to an activating group) is 1. The van der Waals surface area contributed by atoms with E-state index in [1.54, 1.807) is 6.07 Å². The van der Waals surface area contributed by atoms with Gasteiger partial charge in [0.1, 0.15) is 5.82 Å². The molecule has 4 bridgehead atoms. The molecule has 5 heterocycles. The van der Waals surface area contributed by atoms with E-state index in [1.165, 1.54) is 16.7 Å². The van der Waals surface area contributed by atoms with Crippen molar-refractivity contribution >= 4 is 17.5 Å². The number of rotatable bonds is 11. The maximum absolute atomic E-state index is 15.5. The van der Waals surface area contributed by atoms with Crippen LogP contribution < -0.4 is 32.3 Å². The van der Waals surface area contributed by atoms with Crippen molar-refractivity contribution in [2.75, 3.05) is 33.4 Å². The molecule has 1 spiro atoms. The zero-order valence-electron chi connectivity index (χ0n) is 38.8. The van der Waals surface area contributed by atoms with Crippen LogP contribution in [0.1, 0.15) is 124 Å². The highest BCUT2D eigenvalue weighted by Gasteiger charge is 2.86. The molecular formula is C53H70N6O6.